The predicted octanol–water partition coefficient (Wildman–Crippen LogP) is 5.64. The lowest BCUT2D eigenvalue weighted by Gasteiger charge is -2.36. The van der Waals surface area contributed by atoms with E-state index in [1.165, 1.54) is 0 Å². The first-order valence-electron chi connectivity index (χ1n) is 9.76. The third kappa shape index (κ3) is 4.68. The zero-order valence-electron chi connectivity index (χ0n) is 16.0. The Morgan fingerprint density at radius 3 is 1.50 bits per heavy atom. The SMILES string of the molecule is O=C(O)CCCCCOC(c1ccccc1)(c1ccccc1)c1ccccc1. The Kier molecular flexibility index (Phi) is 6.99. The van der Waals surface area contributed by atoms with E-state index >= 15 is 0 Å². The van der Waals surface area contributed by atoms with Crippen molar-refractivity contribution in [3.05, 3.63) is 108 Å². The van der Waals surface area contributed by atoms with Crippen molar-refractivity contribution < 1.29 is 14.6 Å². The van der Waals surface area contributed by atoms with Crippen molar-refractivity contribution in [1.82, 2.24) is 0 Å². The second kappa shape index (κ2) is 9.86. The summed E-state index contributed by atoms with van der Waals surface area (Å²) in [7, 11) is 0. The molecule has 0 aliphatic rings. The molecule has 3 nitrogen and oxygen atoms in total. The van der Waals surface area contributed by atoms with Crippen LogP contribution < -0.4 is 0 Å². The van der Waals surface area contributed by atoms with Gasteiger partial charge in [0.25, 0.3) is 0 Å². The third-order valence-corrected chi connectivity index (χ3v) is 4.89. The molecule has 0 radical (unpaired) electrons. The minimum atomic E-state index is -0.742. The Morgan fingerprint density at radius 1 is 0.679 bits per heavy atom. The third-order valence-electron chi connectivity index (χ3n) is 4.89. The predicted molar refractivity (Wildman–Crippen MR) is 111 cm³/mol. The van der Waals surface area contributed by atoms with Gasteiger partial charge < -0.3 is 9.84 Å². The number of ether oxygens (including phenoxy) is 1. The maximum Gasteiger partial charge on any atom is 0.303 e. The summed E-state index contributed by atoms with van der Waals surface area (Å²) in [5.41, 5.74) is 2.55. The molecule has 3 heteroatoms. The van der Waals surface area contributed by atoms with Crippen molar-refractivity contribution in [3.8, 4) is 0 Å². The molecule has 0 aliphatic heterocycles. The lowest BCUT2D eigenvalue weighted by Crippen LogP contribution is -2.33. The molecule has 3 rings (SSSR count). The average molecular weight is 374 g/mol. The lowest BCUT2D eigenvalue weighted by atomic mass is 9.80. The van der Waals surface area contributed by atoms with Gasteiger partial charge in [0.2, 0.25) is 0 Å². The van der Waals surface area contributed by atoms with Crippen LogP contribution in [0.1, 0.15) is 42.4 Å². The summed E-state index contributed by atoms with van der Waals surface area (Å²) in [5.74, 6) is -0.742. The van der Waals surface area contributed by atoms with E-state index < -0.39 is 11.6 Å². The van der Waals surface area contributed by atoms with Gasteiger partial charge in [-0.05, 0) is 29.5 Å². The maximum atomic E-state index is 10.7. The number of carboxylic acid groups (broad SMARTS) is 1. The van der Waals surface area contributed by atoms with Crippen LogP contribution in [0.3, 0.4) is 0 Å². The summed E-state index contributed by atoms with van der Waals surface area (Å²) in [6.07, 6.45) is 2.54. The molecule has 0 fully saturated rings. The van der Waals surface area contributed by atoms with Gasteiger partial charge in [-0.3, -0.25) is 4.79 Å². The minimum absolute atomic E-state index is 0.210. The zero-order valence-corrected chi connectivity index (χ0v) is 16.0. The van der Waals surface area contributed by atoms with Crippen molar-refractivity contribution in [2.75, 3.05) is 6.61 Å². The number of unbranched alkanes of at least 4 members (excludes halogenated alkanes) is 2. The van der Waals surface area contributed by atoms with E-state index in [1.807, 2.05) is 54.6 Å². The summed E-state index contributed by atoms with van der Waals surface area (Å²) in [5, 5.41) is 8.81. The molecule has 0 saturated heterocycles. The molecule has 0 heterocycles. The number of carbonyl (C=O) groups is 1. The second-order valence-electron chi connectivity index (χ2n) is 6.83. The van der Waals surface area contributed by atoms with Crippen molar-refractivity contribution in [2.24, 2.45) is 0 Å². The van der Waals surface area contributed by atoms with Gasteiger partial charge in [-0.1, -0.05) is 97.4 Å². The number of benzene rings is 3. The fourth-order valence-electron chi connectivity index (χ4n) is 3.55. The van der Waals surface area contributed by atoms with E-state index in [2.05, 4.69) is 36.4 Å². The normalized spacial score (nSPS) is 11.3. The second-order valence-corrected chi connectivity index (χ2v) is 6.83. The van der Waals surface area contributed by atoms with Gasteiger partial charge in [-0.15, -0.1) is 0 Å². The van der Waals surface area contributed by atoms with Crippen LogP contribution in [0.5, 0.6) is 0 Å². The first-order chi connectivity index (χ1) is 13.7. The van der Waals surface area contributed by atoms with E-state index in [4.69, 9.17) is 9.84 Å². The number of hydrogen-bond donors (Lipinski definition) is 1. The van der Waals surface area contributed by atoms with Gasteiger partial charge in [0, 0.05) is 13.0 Å². The van der Waals surface area contributed by atoms with Crippen molar-refractivity contribution in [1.29, 1.82) is 0 Å². The maximum absolute atomic E-state index is 10.7. The van der Waals surface area contributed by atoms with Crippen LogP contribution in [0, 0.1) is 0 Å². The number of carboxylic acids is 1. The molecule has 28 heavy (non-hydrogen) atoms. The van der Waals surface area contributed by atoms with Crippen LogP contribution in [0.4, 0.5) is 0 Å². The standard InChI is InChI=1S/C25H26O3/c26-24(27)19-11-4-12-20-28-25(21-13-5-1-6-14-21,22-15-7-2-8-16-22)23-17-9-3-10-18-23/h1-3,5-10,13-18H,4,11-12,19-20H2,(H,26,27). The van der Waals surface area contributed by atoms with Gasteiger partial charge in [0.1, 0.15) is 5.60 Å². The van der Waals surface area contributed by atoms with Crippen LogP contribution in [-0.2, 0) is 15.1 Å². The van der Waals surface area contributed by atoms with Gasteiger partial charge in [0.05, 0.1) is 0 Å². The molecule has 0 aliphatic carbocycles. The molecule has 0 aromatic heterocycles. The molecule has 0 bridgehead atoms. The van der Waals surface area contributed by atoms with Gasteiger partial charge in [-0.2, -0.15) is 0 Å². The minimum Gasteiger partial charge on any atom is -0.481 e. The highest BCUT2D eigenvalue weighted by atomic mass is 16.5. The van der Waals surface area contributed by atoms with Crippen molar-refractivity contribution in [2.45, 2.75) is 31.3 Å². The lowest BCUT2D eigenvalue weighted by molar-refractivity contribution is -0.137. The largest absolute Gasteiger partial charge is 0.481 e. The molecule has 144 valence electrons. The van der Waals surface area contributed by atoms with Crippen LogP contribution in [0.25, 0.3) is 0 Å². The molecule has 0 unspecified atom stereocenters. The Labute approximate surface area is 166 Å². The first-order valence-corrected chi connectivity index (χ1v) is 9.76. The fourth-order valence-corrected chi connectivity index (χ4v) is 3.55. The average Bonchev–Trinajstić information content (AvgIpc) is 2.75. The van der Waals surface area contributed by atoms with Crippen molar-refractivity contribution >= 4 is 5.97 Å². The number of rotatable bonds is 10. The Hall–Kier alpha value is -2.91. The summed E-state index contributed by atoms with van der Waals surface area (Å²) < 4.78 is 6.65. The quantitative estimate of drug-likeness (QED) is 0.369. The molecular weight excluding hydrogens is 348 g/mol. The molecule has 3 aromatic rings. The van der Waals surface area contributed by atoms with Crippen molar-refractivity contribution in [3.63, 3.8) is 0 Å². The summed E-state index contributed by atoms with van der Waals surface area (Å²) in [6, 6.07) is 30.8. The highest BCUT2D eigenvalue weighted by Crippen LogP contribution is 2.40. The van der Waals surface area contributed by atoms with Gasteiger partial charge in [-0.25, -0.2) is 0 Å². The van der Waals surface area contributed by atoms with E-state index in [0.29, 0.717) is 13.0 Å². The monoisotopic (exact) mass is 374 g/mol. The molecule has 0 saturated carbocycles. The Bertz CT molecular complexity index is 748. The molecule has 0 amide bonds. The Morgan fingerprint density at radius 2 is 1.11 bits per heavy atom. The summed E-state index contributed by atoms with van der Waals surface area (Å²) in [4.78, 5) is 10.7. The number of aliphatic carboxylic acids is 1. The highest BCUT2D eigenvalue weighted by molar-refractivity contribution is 5.66. The molecular formula is C25H26O3. The summed E-state index contributed by atoms with van der Waals surface area (Å²) >= 11 is 0. The van der Waals surface area contributed by atoms with Crippen LogP contribution in [0.2, 0.25) is 0 Å². The molecule has 0 spiro atoms. The van der Waals surface area contributed by atoms with E-state index in [9.17, 15) is 4.79 Å². The topological polar surface area (TPSA) is 46.5 Å². The zero-order chi connectivity index (χ0) is 19.7. The summed E-state index contributed by atoms with van der Waals surface area (Å²) in [6.45, 7) is 0.554. The Balaban J connectivity index is 1.94. The van der Waals surface area contributed by atoms with Crippen LogP contribution in [0.15, 0.2) is 91.0 Å². The van der Waals surface area contributed by atoms with Gasteiger partial charge >= 0.3 is 5.97 Å². The van der Waals surface area contributed by atoms with Crippen LogP contribution in [-0.4, -0.2) is 17.7 Å². The molecule has 0 atom stereocenters. The van der Waals surface area contributed by atoms with E-state index in [1.54, 1.807) is 0 Å². The smallest absolute Gasteiger partial charge is 0.303 e. The molecule has 3 aromatic carbocycles. The van der Waals surface area contributed by atoms with Gasteiger partial charge in [0.15, 0.2) is 0 Å². The fraction of sp³-hybridized carbons (Fsp3) is 0.240. The highest BCUT2D eigenvalue weighted by Gasteiger charge is 2.37. The first kappa shape index (κ1) is 19.8. The molecule has 1 N–H and O–H groups in total. The number of hydrogen-bond acceptors (Lipinski definition) is 2. The van der Waals surface area contributed by atoms with E-state index in [-0.39, 0.29) is 6.42 Å². The van der Waals surface area contributed by atoms with Crippen LogP contribution >= 0.6 is 0 Å². The van der Waals surface area contributed by atoms with E-state index in [0.717, 1.165) is 29.5 Å².